The third kappa shape index (κ3) is 5.69. The summed E-state index contributed by atoms with van der Waals surface area (Å²) >= 11 is 5.85. The van der Waals surface area contributed by atoms with E-state index >= 15 is 0 Å². The maximum absolute atomic E-state index is 12.1. The number of likely N-dealkylation sites (tertiary alicyclic amines) is 1. The minimum absolute atomic E-state index is 0.0434. The van der Waals surface area contributed by atoms with Crippen LogP contribution in [0, 0.1) is 0 Å². The SMILES string of the molecule is O=C(/C=C\c1ccc(Cl)cc1)NC1CCN(Cc2ccccn2)CC1. The molecule has 5 heteroatoms. The molecule has 1 aliphatic heterocycles. The molecule has 0 bridgehead atoms. The molecule has 2 heterocycles. The van der Waals surface area contributed by atoms with E-state index in [2.05, 4.69) is 21.3 Å². The van der Waals surface area contributed by atoms with Gasteiger partial charge >= 0.3 is 0 Å². The molecule has 3 rings (SSSR count). The van der Waals surface area contributed by atoms with Gasteiger partial charge in [-0.25, -0.2) is 0 Å². The van der Waals surface area contributed by atoms with Gasteiger partial charge in [0, 0.05) is 43.0 Å². The number of rotatable bonds is 5. The van der Waals surface area contributed by atoms with Crippen molar-refractivity contribution in [3.8, 4) is 0 Å². The smallest absolute Gasteiger partial charge is 0.244 e. The van der Waals surface area contributed by atoms with Gasteiger partial charge in [0.1, 0.15) is 0 Å². The van der Waals surface area contributed by atoms with Crippen LogP contribution in [-0.2, 0) is 11.3 Å². The van der Waals surface area contributed by atoms with Crippen molar-refractivity contribution < 1.29 is 4.79 Å². The van der Waals surface area contributed by atoms with Crippen molar-refractivity contribution in [2.45, 2.75) is 25.4 Å². The summed E-state index contributed by atoms with van der Waals surface area (Å²) in [6.07, 6.45) is 7.15. The highest BCUT2D eigenvalue weighted by Gasteiger charge is 2.20. The van der Waals surface area contributed by atoms with Gasteiger partial charge in [0.05, 0.1) is 5.69 Å². The number of benzene rings is 1. The molecule has 4 nitrogen and oxygen atoms in total. The number of hydrogen-bond donors (Lipinski definition) is 1. The predicted molar refractivity (Wildman–Crippen MR) is 101 cm³/mol. The van der Waals surface area contributed by atoms with Crippen LogP contribution < -0.4 is 5.32 Å². The van der Waals surface area contributed by atoms with Crippen molar-refractivity contribution >= 4 is 23.6 Å². The first-order chi connectivity index (χ1) is 12.2. The monoisotopic (exact) mass is 355 g/mol. The maximum atomic E-state index is 12.1. The molecule has 1 N–H and O–H groups in total. The first kappa shape index (κ1) is 17.6. The Morgan fingerprint density at radius 1 is 1.20 bits per heavy atom. The van der Waals surface area contributed by atoms with Gasteiger partial charge < -0.3 is 5.32 Å². The highest BCUT2D eigenvalue weighted by atomic mass is 35.5. The summed E-state index contributed by atoms with van der Waals surface area (Å²) in [6, 6.07) is 13.7. The largest absolute Gasteiger partial charge is 0.350 e. The molecule has 0 spiro atoms. The Hall–Kier alpha value is -2.17. The lowest BCUT2D eigenvalue weighted by molar-refractivity contribution is -0.117. The molecule has 1 saturated heterocycles. The van der Waals surface area contributed by atoms with E-state index in [9.17, 15) is 4.79 Å². The molecule has 1 aromatic heterocycles. The van der Waals surface area contributed by atoms with Gasteiger partial charge in [0.2, 0.25) is 5.91 Å². The number of carbonyl (C=O) groups is 1. The number of halogens is 1. The Morgan fingerprint density at radius 3 is 2.64 bits per heavy atom. The Morgan fingerprint density at radius 2 is 1.96 bits per heavy atom. The molecule has 1 aliphatic rings. The van der Waals surface area contributed by atoms with Crippen LogP contribution in [-0.4, -0.2) is 34.9 Å². The number of aromatic nitrogens is 1. The van der Waals surface area contributed by atoms with E-state index in [0.29, 0.717) is 5.02 Å². The van der Waals surface area contributed by atoms with Crippen LogP contribution in [0.4, 0.5) is 0 Å². The summed E-state index contributed by atoms with van der Waals surface area (Å²) in [7, 11) is 0. The fourth-order valence-corrected chi connectivity index (χ4v) is 3.08. The molecule has 130 valence electrons. The molecule has 0 radical (unpaired) electrons. The van der Waals surface area contributed by atoms with Crippen molar-refractivity contribution in [3.05, 3.63) is 71.0 Å². The van der Waals surface area contributed by atoms with Crippen molar-refractivity contribution in [3.63, 3.8) is 0 Å². The number of amides is 1. The topological polar surface area (TPSA) is 45.2 Å². The van der Waals surface area contributed by atoms with Gasteiger partial charge in [-0.15, -0.1) is 0 Å². The van der Waals surface area contributed by atoms with Crippen LogP contribution in [0.1, 0.15) is 24.1 Å². The van der Waals surface area contributed by atoms with E-state index in [1.165, 1.54) is 0 Å². The van der Waals surface area contributed by atoms with Crippen LogP contribution in [0.2, 0.25) is 5.02 Å². The Balaban J connectivity index is 1.42. The summed E-state index contributed by atoms with van der Waals surface area (Å²) < 4.78 is 0. The van der Waals surface area contributed by atoms with E-state index in [1.54, 1.807) is 6.08 Å². The Labute approximate surface area is 153 Å². The van der Waals surface area contributed by atoms with Crippen LogP contribution in [0.15, 0.2) is 54.7 Å². The second kappa shape index (κ2) is 8.79. The van der Waals surface area contributed by atoms with Crippen molar-refractivity contribution in [1.82, 2.24) is 15.2 Å². The molecule has 2 aromatic rings. The average Bonchev–Trinajstić information content (AvgIpc) is 2.64. The fraction of sp³-hybridized carbons (Fsp3) is 0.300. The summed E-state index contributed by atoms with van der Waals surface area (Å²) in [5.74, 6) is -0.0434. The molecule has 1 fully saturated rings. The van der Waals surface area contributed by atoms with Crippen molar-refractivity contribution in [1.29, 1.82) is 0 Å². The van der Waals surface area contributed by atoms with Crippen LogP contribution in [0.25, 0.3) is 6.08 Å². The molecular formula is C20H22ClN3O. The first-order valence-corrected chi connectivity index (χ1v) is 8.93. The lowest BCUT2D eigenvalue weighted by atomic mass is 10.0. The molecular weight excluding hydrogens is 334 g/mol. The zero-order valence-electron chi connectivity index (χ0n) is 14.1. The highest BCUT2D eigenvalue weighted by Crippen LogP contribution is 2.13. The van der Waals surface area contributed by atoms with E-state index in [1.807, 2.05) is 48.7 Å². The van der Waals surface area contributed by atoms with E-state index in [-0.39, 0.29) is 11.9 Å². The van der Waals surface area contributed by atoms with Gasteiger partial charge in [-0.3, -0.25) is 14.7 Å². The predicted octanol–water partition coefficient (Wildman–Crippen LogP) is 3.53. The molecule has 1 aromatic carbocycles. The number of nitrogens with zero attached hydrogens (tertiary/aromatic N) is 2. The van der Waals surface area contributed by atoms with Gasteiger partial charge in [0.25, 0.3) is 0 Å². The zero-order valence-corrected chi connectivity index (χ0v) is 14.8. The first-order valence-electron chi connectivity index (χ1n) is 8.55. The normalized spacial score (nSPS) is 16.2. The minimum atomic E-state index is -0.0434. The molecule has 1 amide bonds. The quantitative estimate of drug-likeness (QED) is 0.834. The van der Waals surface area contributed by atoms with Gasteiger partial charge in [-0.2, -0.15) is 0 Å². The summed E-state index contributed by atoms with van der Waals surface area (Å²) in [5, 5.41) is 3.78. The number of piperidine rings is 1. The third-order valence-electron chi connectivity index (χ3n) is 4.34. The zero-order chi connectivity index (χ0) is 17.5. The Bertz CT molecular complexity index is 707. The van der Waals surface area contributed by atoms with E-state index in [4.69, 9.17) is 11.6 Å². The standard InChI is InChI=1S/C20H22ClN3O/c21-17-7-4-16(5-8-17)6-9-20(25)23-18-10-13-24(14-11-18)15-19-3-1-2-12-22-19/h1-9,12,18H,10-11,13-15H2,(H,23,25)/b9-6-. The Kier molecular flexibility index (Phi) is 6.20. The maximum Gasteiger partial charge on any atom is 0.244 e. The summed E-state index contributed by atoms with van der Waals surface area (Å²) in [5.41, 5.74) is 2.06. The number of nitrogens with one attached hydrogen (secondary N) is 1. The van der Waals surface area contributed by atoms with E-state index < -0.39 is 0 Å². The molecule has 0 saturated carbocycles. The minimum Gasteiger partial charge on any atom is -0.350 e. The molecule has 0 atom stereocenters. The number of pyridine rings is 1. The molecule has 25 heavy (non-hydrogen) atoms. The lowest BCUT2D eigenvalue weighted by Crippen LogP contribution is -2.43. The van der Waals surface area contributed by atoms with E-state index in [0.717, 1.165) is 43.7 Å². The second-order valence-corrected chi connectivity index (χ2v) is 6.70. The van der Waals surface area contributed by atoms with Crippen LogP contribution in [0.3, 0.4) is 0 Å². The second-order valence-electron chi connectivity index (χ2n) is 6.26. The fourth-order valence-electron chi connectivity index (χ4n) is 2.95. The van der Waals surface area contributed by atoms with Gasteiger partial charge in [-0.05, 0) is 48.7 Å². The van der Waals surface area contributed by atoms with Gasteiger partial charge in [0.15, 0.2) is 0 Å². The highest BCUT2D eigenvalue weighted by molar-refractivity contribution is 6.30. The third-order valence-corrected chi connectivity index (χ3v) is 4.59. The molecule has 0 unspecified atom stereocenters. The van der Waals surface area contributed by atoms with Crippen molar-refractivity contribution in [2.75, 3.05) is 13.1 Å². The number of carbonyl (C=O) groups excluding carboxylic acids is 1. The van der Waals surface area contributed by atoms with Crippen LogP contribution in [0.5, 0.6) is 0 Å². The summed E-state index contributed by atoms with van der Waals surface area (Å²) in [4.78, 5) is 18.8. The van der Waals surface area contributed by atoms with Crippen molar-refractivity contribution in [2.24, 2.45) is 0 Å². The van der Waals surface area contributed by atoms with Crippen LogP contribution >= 0.6 is 11.6 Å². The lowest BCUT2D eigenvalue weighted by Gasteiger charge is -2.31. The summed E-state index contributed by atoms with van der Waals surface area (Å²) in [6.45, 7) is 2.82. The molecule has 0 aliphatic carbocycles. The van der Waals surface area contributed by atoms with Gasteiger partial charge in [-0.1, -0.05) is 29.8 Å². The average molecular weight is 356 g/mol. The number of hydrogen-bond acceptors (Lipinski definition) is 3.